The van der Waals surface area contributed by atoms with Gasteiger partial charge in [-0.3, -0.25) is 0 Å². The Kier molecular flexibility index (Phi) is 5.01. The van der Waals surface area contributed by atoms with Crippen LogP contribution in [0.1, 0.15) is 52.4 Å². The van der Waals surface area contributed by atoms with Gasteiger partial charge in [-0.15, -0.1) is 0 Å². The van der Waals surface area contributed by atoms with E-state index in [2.05, 4.69) is 30.5 Å². The summed E-state index contributed by atoms with van der Waals surface area (Å²) in [5.41, 5.74) is 6.28. The Balaban J connectivity index is 1.97. The molecule has 0 aromatic heterocycles. The number of nitrogens with two attached hydrogens (primary N) is 1. The number of hydrogen-bond donors (Lipinski definition) is 1. The highest BCUT2D eigenvalue weighted by Gasteiger charge is 2.43. The monoisotopic (exact) mass is 270 g/mol. The molecule has 2 fully saturated rings. The van der Waals surface area contributed by atoms with Gasteiger partial charge in [-0.05, 0) is 69.3 Å². The van der Waals surface area contributed by atoms with Crippen LogP contribution in [-0.2, 0) is 0 Å². The second-order valence-electron chi connectivity index (χ2n) is 6.60. The summed E-state index contributed by atoms with van der Waals surface area (Å²) < 4.78 is 0.537. The van der Waals surface area contributed by atoms with Crippen LogP contribution < -0.4 is 5.73 Å². The molecule has 18 heavy (non-hydrogen) atoms. The maximum atomic E-state index is 5.65. The van der Waals surface area contributed by atoms with Gasteiger partial charge < -0.3 is 10.6 Å². The number of likely N-dealkylation sites (tertiary alicyclic amines) is 1. The molecule has 2 atom stereocenters. The largest absolute Gasteiger partial charge is 0.330 e. The van der Waals surface area contributed by atoms with Crippen molar-refractivity contribution in [2.45, 2.75) is 57.1 Å². The first kappa shape index (κ1) is 14.7. The van der Waals surface area contributed by atoms with Crippen molar-refractivity contribution < 1.29 is 0 Å². The van der Waals surface area contributed by atoms with E-state index in [-0.39, 0.29) is 0 Å². The van der Waals surface area contributed by atoms with Gasteiger partial charge in [-0.25, -0.2) is 0 Å². The van der Waals surface area contributed by atoms with E-state index in [1.165, 1.54) is 57.5 Å². The van der Waals surface area contributed by atoms with Crippen molar-refractivity contribution in [2.75, 3.05) is 31.9 Å². The predicted octanol–water partition coefficient (Wildman–Crippen LogP) is 3.11. The zero-order valence-electron chi connectivity index (χ0n) is 12.2. The number of thioether (sulfide) groups is 1. The minimum absolute atomic E-state index is 0.537. The molecular formula is C15H30N2S. The lowest BCUT2D eigenvalue weighted by Gasteiger charge is -2.50. The predicted molar refractivity (Wildman–Crippen MR) is 82.2 cm³/mol. The minimum Gasteiger partial charge on any atom is -0.330 e. The lowest BCUT2D eigenvalue weighted by Crippen LogP contribution is -2.49. The van der Waals surface area contributed by atoms with Crippen LogP contribution in [0.25, 0.3) is 0 Å². The van der Waals surface area contributed by atoms with Gasteiger partial charge in [-0.2, -0.15) is 11.8 Å². The zero-order valence-corrected chi connectivity index (χ0v) is 13.0. The van der Waals surface area contributed by atoms with Crippen molar-refractivity contribution in [1.29, 1.82) is 0 Å². The van der Waals surface area contributed by atoms with E-state index in [0.717, 1.165) is 13.0 Å². The highest BCUT2D eigenvalue weighted by molar-refractivity contribution is 8.00. The first-order valence-corrected chi connectivity index (χ1v) is 8.66. The average molecular weight is 270 g/mol. The molecule has 2 N–H and O–H groups in total. The maximum absolute atomic E-state index is 5.65. The molecule has 0 bridgehead atoms. The van der Waals surface area contributed by atoms with Crippen molar-refractivity contribution in [3.63, 3.8) is 0 Å². The van der Waals surface area contributed by atoms with Crippen molar-refractivity contribution >= 4 is 11.8 Å². The van der Waals surface area contributed by atoms with Gasteiger partial charge in [0.15, 0.2) is 0 Å². The summed E-state index contributed by atoms with van der Waals surface area (Å²) in [5, 5.41) is 0. The fourth-order valence-electron chi connectivity index (χ4n) is 3.84. The molecule has 0 radical (unpaired) electrons. The maximum Gasteiger partial charge on any atom is 0.0135 e. The Labute approximate surface area is 117 Å². The Hall–Kier alpha value is 0.270. The van der Waals surface area contributed by atoms with E-state index in [0.29, 0.717) is 10.2 Å². The molecule has 3 heteroatoms. The summed E-state index contributed by atoms with van der Waals surface area (Å²) in [6.07, 6.45) is 8.21. The molecule has 2 saturated heterocycles. The van der Waals surface area contributed by atoms with E-state index >= 15 is 0 Å². The van der Waals surface area contributed by atoms with Crippen LogP contribution in [0.15, 0.2) is 0 Å². The minimum atomic E-state index is 0.537. The quantitative estimate of drug-likeness (QED) is 0.851. The molecule has 2 aliphatic heterocycles. The second kappa shape index (κ2) is 6.15. The van der Waals surface area contributed by atoms with E-state index in [1.807, 2.05) is 0 Å². The van der Waals surface area contributed by atoms with Crippen molar-refractivity contribution in [3.8, 4) is 0 Å². The Morgan fingerprint density at radius 1 is 1.33 bits per heavy atom. The van der Waals surface area contributed by atoms with E-state index < -0.39 is 0 Å². The lowest BCUT2D eigenvalue weighted by atomic mass is 9.70. The van der Waals surface area contributed by atoms with E-state index in [9.17, 15) is 0 Å². The van der Waals surface area contributed by atoms with Gasteiger partial charge in [0.05, 0.1) is 0 Å². The summed E-state index contributed by atoms with van der Waals surface area (Å²) in [7, 11) is 0. The lowest BCUT2D eigenvalue weighted by molar-refractivity contribution is 0.0636. The summed E-state index contributed by atoms with van der Waals surface area (Å²) in [5.74, 6) is 1.37. The van der Waals surface area contributed by atoms with Gasteiger partial charge in [0.1, 0.15) is 0 Å². The first-order valence-electron chi connectivity index (χ1n) is 7.68. The Morgan fingerprint density at radius 2 is 2.17 bits per heavy atom. The molecule has 0 amide bonds. The molecule has 2 rings (SSSR count). The third-order valence-corrected chi connectivity index (χ3v) is 6.54. The summed E-state index contributed by atoms with van der Waals surface area (Å²) in [6.45, 7) is 9.54. The molecule has 0 aliphatic carbocycles. The van der Waals surface area contributed by atoms with Crippen LogP contribution in [0.5, 0.6) is 0 Å². The first-order chi connectivity index (χ1) is 8.61. The van der Waals surface area contributed by atoms with Crippen molar-refractivity contribution in [1.82, 2.24) is 4.90 Å². The molecule has 0 aromatic rings. The second-order valence-corrected chi connectivity index (χ2v) is 8.28. The van der Waals surface area contributed by atoms with Gasteiger partial charge in [0.25, 0.3) is 0 Å². The van der Waals surface area contributed by atoms with Crippen LogP contribution in [0.2, 0.25) is 0 Å². The average Bonchev–Trinajstić information content (AvgIpc) is 2.36. The van der Waals surface area contributed by atoms with Gasteiger partial charge in [0.2, 0.25) is 0 Å². The number of nitrogens with zero attached hydrogens (tertiary/aromatic N) is 1. The molecule has 0 saturated carbocycles. The smallest absolute Gasteiger partial charge is 0.0135 e. The number of rotatable bonds is 4. The summed E-state index contributed by atoms with van der Waals surface area (Å²) in [4.78, 5) is 2.68. The Morgan fingerprint density at radius 3 is 2.89 bits per heavy atom. The third kappa shape index (κ3) is 3.43. The normalized spacial score (nSPS) is 38.2. The van der Waals surface area contributed by atoms with Crippen LogP contribution in [-0.4, -0.2) is 41.6 Å². The highest BCUT2D eigenvalue weighted by atomic mass is 32.2. The molecule has 0 aromatic carbocycles. The topological polar surface area (TPSA) is 29.3 Å². The van der Waals surface area contributed by atoms with E-state index in [1.54, 1.807) is 0 Å². The molecule has 106 valence electrons. The van der Waals surface area contributed by atoms with Crippen LogP contribution >= 0.6 is 11.8 Å². The highest BCUT2D eigenvalue weighted by Crippen LogP contribution is 2.51. The molecule has 2 aliphatic rings. The van der Waals surface area contributed by atoms with Crippen molar-refractivity contribution in [2.24, 2.45) is 11.1 Å². The molecule has 1 spiro atoms. The van der Waals surface area contributed by atoms with Crippen LogP contribution in [0.4, 0.5) is 0 Å². The number of piperidine rings is 1. The zero-order chi connectivity index (χ0) is 13.1. The van der Waals surface area contributed by atoms with Gasteiger partial charge in [-0.1, -0.05) is 13.8 Å². The Bertz CT molecular complexity index is 267. The summed E-state index contributed by atoms with van der Waals surface area (Å²) in [6, 6.07) is 0. The number of hydrogen-bond acceptors (Lipinski definition) is 3. The molecular weight excluding hydrogens is 240 g/mol. The fourth-order valence-corrected chi connectivity index (χ4v) is 5.48. The molecule has 2 unspecified atom stereocenters. The van der Waals surface area contributed by atoms with E-state index in [4.69, 9.17) is 5.73 Å². The van der Waals surface area contributed by atoms with Crippen molar-refractivity contribution in [3.05, 3.63) is 0 Å². The third-order valence-electron chi connectivity index (χ3n) is 5.00. The summed E-state index contributed by atoms with van der Waals surface area (Å²) >= 11 is 2.21. The van der Waals surface area contributed by atoms with Gasteiger partial charge in [0, 0.05) is 11.3 Å². The van der Waals surface area contributed by atoms with Crippen LogP contribution in [0, 0.1) is 5.41 Å². The molecule has 2 heterocycles. The fraction of sp³-hybridized carbons (Fsp3) is 1.00. The molecule has 2 nitrogen and oxygen atoms in total. The van der Waals surface area contributed by atoms with Gasteiger partial charge >= 0.3 is 0 Å². The van der Waals surface area contributed by atoms with Crippen LogP contribution in [0.3, 0.4) is 0 Å². The standard InChI is InChI=1S/C15H30N2S/c1-3-14(2)12-15(7-11-18-14)6-4-9-17(13-15)10-5-8-16/h3-13,16H2,1-2H3. The SMILES string of the molecule is CCC1(C)CC2(CCCN(CCCN)C2)CCS1.